The lowest BCUT2D eigenvalue weighted by Crippen LogP contribution is -2.12. The molecule has 4 heterocycles. The fourth-order valence-electron chi connectivity index (χ4n) is 9.05. The standard InChI is InChI=1S/C60H51N3S2/c1-38(2)27-45-23-24-58(53-20-14-13-19-52(45)53)63(50-30-46(28-48(32-50)59-25-21-41(5)64-59)56-34-54(39(3)36-61-56)43-15-9-7-10-16-43)51-31-47(29-49(33-51)60-26-22-42(6)65-60)57-35-55(40(4)37-62-57)44-17-11-8-12-18-44/h7-26,28-38H,27H2,1-6H3. The van der Waals surface area contributed by atoms with E-state index in [0.29, 0.717) is 5.92 Å². The van der Waals surface area contributed by atoms with Gasteiger partial charge in [0.05, 0.1) is 17.1 Å². The highest BCUT2D eigenvalue weighted by atomic mass is 32.1. The van der Waals surface area contributed by atoms with Crippen LogP contribution in [0.25, 0.3) is 76.4 Å². The summed E-state index contributed by atoms with van der Waals surface area (Å²) < 4.78 is 0. The van der Waals surface area contributed by atoms with Gasteiger partial charge in [-0.05, 0) is 174 Å². The molecular weight excluding hydrogens is 827 g/mol. The molecule has 0 atom stereocenters. The second-order valence-corrected chi connectivity index (χ2v) is 20.2. The molecule has 3 nitrogen and oxygen atoms in total. The molecule has 6 aromatic carbocycles. The minimum Gasteiger partial charge on any atom is -0.310 e. The van der Waals surface area contributed by atoms with E-state index in [9.17, 15) is 0 Å². The second kappa shape index (κ2) is 17.9. The molecule has 0 aliphatic heterocycles. The molecule has 0 fully saturated rings. The van der Waals surface area contributed by atoms with Gasteiger partial charge in [-0.1, -0.05) is 105 Å². The van der Waals surface area contributed by atoms with E-state index < -0.39 is 0 Å². The molecule has 65 heavy (non-hydrogen) atoms. The van der Waals surface area contributed by atoms with Gasteiger partial charge in [-0.3, -0.25) is 9.97 Å². The Labute approximate surface area is 391 Å². The summed E-state index contributed by atoms with van der Waals surface area (Å²) in [7, 11) is 0. The van der Waals surface area contributed by atoms with Crippen molar-refractivity contribution in [3.8, 4) is 65.6 Å². The number of benzene rings is 6. The van der Waals surface area contributed by atoms with Gasteiger partial charge in [-0.25, -0.2) is 0 Å². The maximum absolute atomic E-state index is 5.14. The lowest BCUT2D eigenvalue weighted by molar-refractivity contribution is 0.650. The molecule has 318 valence electrons. The van der Waals surface area contributed by atoms with Crippen LogP contribution in [0.2, 0.25) is 0 Å². The predicted molar refractivity (Wildman–Crippen MR) is 280 cm³/mol. The lowest BCUT2D eigenvalue weighted by atomic mass is 9.94. The number of aryl methyl sites for hydroxylation is 4. The van der Waals surface area contributed by atoms with Crippen molar-refractivity contribution in [2.24, 2.45) is 5.92 Å². The largest absolute Gasteiger partial charge is 0.310 e. The molecule has 0 amide bonds. The Hall–Kier alpha value is -6.92. The van der Waals surface area contributed by atoms with Crippen molar-refractivity contribution in [3.63, 3.8) is 0 Å². The first-order chi connectivity index (χ1) is 31.6. The van der Waals surface area contributed by atoms with Crippen molar-refractivity contribution in [3.05, 3.63) is 209 Å². The number of fused-ring (bicyclic) bond motifs is 1. The van der Waals surface area contributed by atoms with E-state index >= 15 is 0 Å². The van der Waals surface area contributed by atoms with E-state index in [1.807, 2.05) is 35.1 Å². The van der Waals surface area contributed by atoms with Crippen LogP contribution in [0.5, 0.6) is 0 Å². The highest BCUT2D eigenvalue weighted by Gasteiger charge is 2.22. The normalized spacial score (nSPS) is 11.4. The van der Waals surface area contributed by atoms with Crippen molar-refractivity contribution in [1.82, 2.24) is 9.97 Å². The molecule has 10 aromatic rings. The third-order valence-corrected chi connectivity index (χ3v) is 14.3. The molecular formula is C60H51N3S2. The number of aromatic nitrogens is 2. The van der Waals surface area contributed by atoms with Gasteiger partial charge in [0.15, 0.2) is 0 Å². The molecule has 0 spiro atoms. The minimum absolute atomic E-state index is 0.521. The first-order valence-electron chi connectivity index (χ1n) is 22.4. The molecule has 0 bridgehead atoms. The Bertz CT molecular complexity index is 3150. The number of anilines is 3. The quantitative estimate of drug-likeness (QED) is 0.130. The summed E-state index contributed by atoms with van der Waals surface area (Å²) in [5.41, 5.74) is 17.9. The molecule has 5 heteroatoms. The van der Waals surface area contributed by atoms with E-state index in [1.165, 1.54) is 58.1 Å². The molecule has 10 rings (SSSR count). The van der Waals surface area contributed by atoms with Gasteiger partial charge in [-0.2, -0.15) is 0 Å². The zero-order valence-corrected chi connectivity index (χ0v) is 39.4. The van der Waals surface area contributed by atoms with Crippen LogP contribution in [0.3, 0.4) is 0 Å². The first-order valence-corrected chi connectivity index (χ1v) is 24.1. The molecule has 0 aliphatic rings. The second-order valence-electron chi connectivity index (χ2n) is 17.6. The average molecular weight is 878 g/mol. The fraction of sp³-hybridized carbons (Fsp3) is 0.133. The van der Waals surface area contributed by atoms with Crippen LogP contribution in [-0.2, 0) is 6.42 Å². The smallest absolute Gasteiger partial charge is 0.0709 e. The third-order valence-electron chi connectivity index (χ3n) is 12.2. The number of thiophene rings is 2. The molecule has 4 aromatic heterocycles. The number of hydrogen-bond acceptors (Lipinski definition) is 5. The summed E-state index contributed by atoms with van der Waals surface area (Å²) in [6.45, 7) is 13.3. The number of nitrogens with zero attached hydrogens (tertiary/aromatic N) is 3. The zero-order valence-electron chi connectivity index (χ0n) is 37.8. The van der Waals surface area contributed by atoms with Gasteiger partial charge in [0, 0.05) is 59.8 Å². The maximum atomic E-state index is 5.14. The summed E-state index contributed by atoms with van der Waals surface area (Å²) in [4.78, 5) is 17.8. The molecule has 0 radical (unpaired) electrons. The Morgan fingerprint density at radius 1 is 0.446 bits per heavy atom. The minimum atomic E-state index is 0.521. The van der Waals surface area contributed by atoms with Gasteiger partial charge < -0.3 is 4.90 Å². The summed E-state index contributed by atoms with van der Waals surface area (Å²) in [5.74, 6) is 0.521. The van der Waals surface area contributed by atoms with Crippen LogP contribution in [0.15, 0.2) is 182 Å². The van der Waals surface area contributed by atoms with Crippen LogP contribution < -0.4 is 4.90 Å². The van der Waals surface area contributed by atoms with E-state index in [4.69, 9.17) is 9.97 Å². The van der Waals surface area contributed by atoms with Gasteiger partial charge in [0.25, 0.3) is 0 Å². The van der Waals surface area contributed by atoms with Gasteiger partial charge >= 0.3 is 0 Å². The molecule has 0 saturated heterocycles. The van der Waals surface area contributed by atoms with Crippen molar-refractivity contribution >= 4 is 50.5 Å². The molecule has 0 saturated carbocycles. The maximum Gasteiger partial charge on any atom is 0.0709 e. The third kappa shape index (κ3) is 8.70. The SMILES string of the molecule is Cc1ccc(-c2cc(-c3cc(-c4ccccc4)c(C)cn3)cc(N(c3cc(-c4cc(-c5ccccc5)c(C)cn4)cc(-c4ccc(C)s4)c3)c3ccc(CC(C)C)c4ccccc34)c2)s1. The summed E-state index contributed by atoms with van der Waals surface area (Å²) >= 11 is 3.65. The van der Waals surface area contributed by atoms with E-state index in [0.717, 1.165) is 68.3 Å². The Balaban J connectivity index is 1.26. The highest BCUT2D eigenvalue weighted by molar-refractivity contribution is 7.15. The molecule has 0 aliphatic carbocycles. The van der Waals surface area contributed by atoms with Crippen molar-refractivity contribution in [2.45, 2.75) is 48.0 Å². The van der Waals surface area contributed by atoms with Crippen LogP contribution >= 0.6 is 22.7 Å². The number of pyridine rings is 2. The van der Waals surface area contributed by atoms with Crippen LogP contribution in [0, 0.1) is 33.6 Å². The van der Waals surface area contributed by atoms with Gasteiger partial charge in [0.1, 0.15) is 0 Å². The Kier molecular flexibility index (Phi) is 11.6. The van der Waals surface area contributed by atoms with Gasteiger partial charge in [-0.15, -0.1) is 22.7 Å². The fourth-order valence-corrected chi connectivity index (χ4v) is 10.8. The van der Waals surface area contributed by atoms with Crippen molar-refractivity contribution in [1.29, 1.82) is 0 Å². The molecule has 0 unspecified atom stereocenters. The van der Waals surface area contributed by atoms with Gasteiger partial charge in [0.2, 0.25) is 0 Å². The number of rotatable bonds is 11. The van der Waals surface area contributed by atoms with Crippen molar-refractivity contribution in [2.75, 3.05) is 4.90 Å². The Morgan fingerprint density at radius 3 is 1.37 bits per heavy atom. The summed E-state index contributed by atoms with van der Waals surface area (Å²) in [5, 5.41) is 2.49. The average Bonchev–Trinajstić information content (AvgIpc) is 3.98. The topological polar surface area (TPSA) is 29.0 Å². The molecule has 0 N–H and O–H groups in total. The van der Waals surface area contributed by atoms with E-state index in [-0.39, 0.29) is 0 Å². The first kappa shape index (κ1) is 42.1. The van der Waals surface area contributed by atoms with Crippen molar-refractivity contribution < 1.29 is 0 Å². The van der Waals surface area contributed by atoms with Crippen LogP contribution in [0.1, 0.15) is 40.3 Å². The van der Waals surface area contributed by atoms with Crippen LogP contribution in [0.4, 0.5) is 17.1 Å². The summed E-state index contributed by atoms with van der Waals surface area (Å²) in [6.07, 6.45) is 5.05. The predicted octanol–water partition coefficient (Wildman–Crippen LogP) is 17.7. The van der Waals surface area contributed by atoms with E-state index in [2.05, 4.69) is 216 Å². The summed E-state index contributed by atoms with van der Waals surface area (Å²) in [6, 6.07) is 62.5. The highest BCUT2D eigenvalue weighted by Crippen LogP contribution is 2.46. The zero-order chi connectivity index (χ0) is 44.6. The lowest BCUT2D eigenvalue weighted by Gasteiger charge is -2.29. The van der Waals surface area contributed by atoms with E-state index in [1.54, 1.807) is 0 Å². The Morgan fingerprint density at radius 2 is 0.908 bits per heavy atom. The van der Waals surface area contributed by atoms with Crippen LogP contribution in [-0.4, -0.2) is 9.97 Å². The number of hydrogen-bond donors (Lipinski definition) is 0. The monoisotopic (exact) mass is 877 g/mol.